The van der Waals surface area contributed by atoms with Crippen molar-refractivity contribution in [3.8, 4) is 5.75 Å². The van der Waals surface area contributed by atoms with Crippen LogP contribution in [0, 0.1) is 5.41 Å². The van der Waals surface area contributed by atoms with E-state index in [4.69, 9.17) is 0 Å². The highest BCUT2D eigenvalue weighted by Gasteiger charge is 2.40. The lowest BCUT2D eigenvalue weighted by Gasteiger charge is -2.20. The highest BCUT2D eigenvalue weighted by atomic mass is 16.3. The predicted molar refractivity (Wildman–Crippen MR) is 62.5 cm³/mol. The van der Waals surface area contributed by atoms with Gasteiger partial charge >= 0.3 is 0 Å². The fourth-order valence-corrected chi connectivity index (χ4v) is 1.80. The molecule has 1 unspecified atom stereocenters. The average Bonchev–Trinajstić information content (AvgIpc) is 2.60. The molecule has 0 spiro atoms. The zero-order valence-corrected chi connectivity index (χ0v) is 9.49. The van der Waals surface area contributed by atoms with E-state index in [1.807, 2.05) is 0 Å². The molecule has 1 fully saturated rings. The van der Waals surface area contributed by atoms with Crippen LogP contribution < -0.4 is 10.6 Å². The van der Waals surface area contributed by atoms with E-state index >= 15 is 0 Å². The quantitative estimate of drug-likeness (QED) is 0.710. The van der Waals surface area contributed by atoms with Gasteiger partial charge in [0.05, 0.1) is 5.41 Å². The molecule has 1 atom stereocenters. The maximum atomic E-state index is 12.0. The third-order valence-electron chi connectivity index (χ3n) is 2.88. The minimum atomic E-state index is -0.720. The number of phenols is 1. The molecule has 1 aliphatic heterocycles. The summed E-state index contributed by atoms with van der Waals surface area (Å²) in [6.45, 7) is 2.08. The third kappa shape index (κ3) is 2.38. The van der Waals surface area contributed by atoms with Gasteiger partial charge < -0.3 is 15.7 Å². The third-order valence-corrected chi connectivity index (χ3v) is 2.88. The van der Waals surface area contributed by atoms with Gasteiger partial charge in [-0.25, -0.2) is 0 Å². The first-order valence-electron chi connectivity index (χ1n) is 5.37. The monoisotopic (exact) mass is 234 g/mol. The Bertz CT molecular complexity index is 473. The first kappa shape index (κ1) is 11.4. The minimum Gasteiger partial charge on any atom is -0.508 e. The summed E-state index contributed by atoms with van der Waals surface area (Å²) in [5.41, 5.74) is -0.196. The Hall–Kier alpha value is -2.04. The van der Waals surface area contributed by atoms with E-state index in [-0.39, 0.29) is 24.0 Å². The molecule has 3 N–H and O–H groups in total. The van der Waals surface area contributed by atoms with Crippen molar-refractivity contribution >= 4 is 17.5 Å². The zero-order valence-electron chi connectivity index (χ0n) is 9.49. The van der Waals surface area contributed by atoms with Gasteiger partial charge in [-0.3, -0.25) is 9.59 Å². The van der Waals surface area contributed by atoms with Crippen LogP contribution in [0.1, 0.15) is 13.3 Å². The van der Waals surface area contributed by atoms with E-state index in [1.54, 1.807) is 19.1 Å². The molecule has 0 aromatic heterocycles. The van der Waals surface area contributed by atoms with Crippen LogP contribution in [0.3, 0.4) is 0 Å². The standard InChI is InChI=1S/C12H14N2O3/c1-12(6-10(16)13-7-12)11(17)14-8-3-2-4-9(15)5-8/h2-5,15H,6-7H2,1H3,(H,13,16)(H,14,17). The Balaban J connectivity index is 2.09. The largest absolute Gasteiger partial charge is 0.508 e. The van der Waals surface area contributed by atoms with Crippen LogP contribution in [-0.4, -0.2) is 23.5 Å². The summed E-state index contributed by atoms with van der Waals surface area (Å²) in [7, 11) is 0. The van der Waals surface area contributed by atoms with Crippen molar-refractivity contribution in [1.29, 1.82) is 0 Å². The lowest BCUT2D eigenvalue weighted by atomic mass is 9.88. The minimum absolute atomic E-state index is 0.0913. The van der Waals surface area contributed by atoms with Crippen LogP contribution in [-0.2, 0) is 9.59 Å². The van der Waals surface area contributed by atoms with E-state index in [1.165, 1.54) is 12.1 Å². The van der Waals surface area contributed by atoms with E-state index < -0.39 is 5.41 Å². The highest BCUT2D eigenvalue weighted by Crippen LogP contribution is 2.27. The Kier molecular flexibility index (Phi) is 2.75. The Morgan fingerprint density at radius 3 is 2.88 bits per heavy atom. The maximum absolute atomic E-state index is 12.0. The van der Waals surface area contributed by atoms with E-state index in [0.717, 1.165) is 0 Å². The summed E-state index contributed by atoms with van der Waals surface area (Å²) in [6, 6.07) is 6.32. The van der Waals surface area contributed by atoms with Gasteiger partial charge in [0.1, 0.15) is 5.75 Å². The van der Waals surface area contributed by atoms with Crippen molar-refractivity contribution in [3.05, 3.63) is 24.3 Å². The van der Waals surface area contributed by atoms with Crippen molar-refractivity contribution in [2.75, 3.05) is 11.9 Å². The second-order valence-corrected chi connectivity index (χ2v) is 4.52. The molecule has 0 bridgehead atoms. The number of hydrogen-bond donors (Lipinski definition) is 3. The van der Waals surface area contributed by atoms with Crippen LogP contribution in [0.4, 0.5) is 5.69 Å². The van der Waals surface area contributed by atoms with Crippen molar-refractivity contribution in [3.63, 3.8) is 0 Å². The molecule has 1 aromatic carbocycles. The van der Waals surface area contributed by atoms with E-state index in [2.05, 4.69) is 10.6 Å². The summed E-state index contributed by atoms with van der Waals surface area (Å²) in [5.74, 6) is -0.242. The molecule has 5 heteroatoms. The van der Waals surface area contributed by atoms with Crippen molar-refractivity contribution < 1.29 is 14.7 Å². The Labute approximate surface area is 98.8 Å². The smallest absolute Gasteiger partial charge is 0.232 e. The molecular weight excluding hydrogens is 220 g/mol. The molecule has 1 aliphatic rings. The summed E-state index contributed by atoms with van der Waals surface area (Å²) in [5, 5.41) is 14.6. The van der Waals surface area contributed by atoms with E-state index in [9.17, 15) is 14.7 Å². The fraction of sp³-hybridized carbons (Fsp3) is 0.333. The number of carbonyl (C=O) groups is 2. The van der Waals surface area contributed by atoms with Gasteiger partial charge in [-0.2, -0.15) is 0 Å². The maximum Gasteiger partial charge on any atom is 0.232 e. The molecule has 5 nitrogen and oxygen atoms in total. The molecule has 0 aliphatic carbocycles. The molecule has 1 saturated heterocycles. The normalized spacial score (nSPS) is 23.2. The van der Waals surface area contributed by atoms with Gasteiger partial charge in [0, 0.05) is 24.7 Å². The van der Waals surface area contributed by atoms with Gasteiger partial charge in [-0.15, -0.1) is 0 Å². The second-order valence-electron chi connectivity index (χ2n) is 4.52. The molecule has 1 heterocycles. The van der Waals surface area contributed by atoms with Gasteiger partial charge in [0.25, 0.3) is 0 Å². The lowest BCUT2D eigenvalue weighted by molar-refractivity contribution is -0.126. The van der Waals surface area contributed by atoms with Gasteiger partial charge in [0.2, 0.25) is 11.8 Å². The van der Waals surface area contributed by atoms with Crippen LogP contribution in [0.25, 0.3) is 0 Å². The molecule has 0 radical (unpaired) electrons. The number of carbonyl (C=O) groups excluding carboxylic acids is 2. The average molecular weight is 234 g/mol. The van der Waals surface area contributed by atoms with Crippen LogP contribution >= 0.6 is 0 Å². The zero-order chi connectivity index (χ0) is 12.5. The predicted octanol–water partition coefficient (Wildman–Crippen LogP) is 0.857. The first-order chi connectivity index (χ1) is 7.99. The van der Waals surface area contributed by atoms with Crippen molar-refractivity contribution in [2.24, 2.45) is 5.41 Å². The van der Waals surface area contributed by atoms with Crippen molar-refractivity contribution in [1.82, 2.24) is 5.32 Å². The van der Waals surface area contributed by atoms with Gasteiger partial charge in [0.15, 0.2) is 0 Å². The van der Waals surface area contributed by atoms with Crippen molar-refractivity contribution in [2.45, 2.75) is 13.3 Å². The number of benzene rings is 1. The Morgan fingerprint density at radius 2 is 2.29 bits per heavy atom. The summed E-state index contributed by atoms with van der Waals surface area (Å²) >= 11 is 0. The summed E-state index contributed by atoms with van der Waals surface area (Å²) < 4.78 is 0. The molecule has 0 saturated carbocycles. The number of phenolic OH excluding ortho intramolecular Hbond substituents is 1. The van der Waals surface area contributed by atoms with Gasteiger partial charge in [-0.1, -0.05) is 6.07 Å². The summed E-state index contributed by atoms with van der Waals surface area (Å²) in [4.78, 5) is 23.1. The number of nitrogens with one attached hydrogen (secondary N) is 2. The summed E-state index contributed by atoms with van der Waals surface area (Å²) in [6.07, 6.45) is 0.192. The lowest BCUT2D eigenvalue weighted by Crippen LogP contribution is -2.35. The number of aromatic hydroxyl groups is 1. The highest BCUT2D eigenvalue weighted by molar-refractivity contribution is 5.99. The number of anilines is 1. The molecule has 2 rings (SSSR count). The number of hydrogen-bond acceptors (Lipinski definition) is 3. The molecule has 17 heavy (non-hydrogen) atoms. The van der Waals surface area contributed by atoms with Crippen LogP contribution in [0.5, 0.6) is 5.75 Å². The van der Waals surface area contributed by atoms with Gasteiger partial charge in [-0.05, 0) is 19.1 Å². The molecule has 2 amide bonds. The fourth-order valence-electron chi connectivity index (χ4n) is 1.80. The second kappa shape index (κ2) is 4.08. The molecule has 90 valence electrons. The van der Waals surface area contributed by atoms with Crippen LogP contribution in [0.15, 0.2) is 24.3 Å². The number of amides is 2. The first-order valence-corrected chi connectivity index (χ1v) is 5.37. The van der Waals surface area contributed by atoms with E-state index in [0.29, 0.717) is 12.2 Å². The molecular formula is C12H14N2O3. The number of rotatable bonds is 2. The Morgan fingerprint density at radius 1 is 1.53 bits per heavy atom. The van der Waals surface area contributed by atoms with Crippen LogP contribution in [0.2, 0.25) is 0 Å². The molecule has 1 aromatic rings. The SMILES string of the molecule is CC1(C(=O)Nc2cccc(O)c2)CNC(=O)C1. The topological polar surface area (TPSA) is 78.4 Å².